The van der Waals surface area contributed by atoms with E-state index in [0.717, 1.165) is 11.0 Å². The monoisotopic (exact) mass is 368 g/mol. The molecule has 2 N–H and O–H groups in total. The molecule has 0 atom stereocenters. The molecule has 138 valence electrons. The lowest BCUT2D eigenvalue weighted by molar-refractivity contribution is -0.914. The maximum atomic E-state index is 12.8. The van der Waals surface area contributed by atoms with Gasteiger partial charge in [0.2, 0.25) is 0 Å². The number of pyridine rings is 1. The van der Waals surface area contributed by atoms with Gasteiger partial charge in [0.15, 0.2) is 0 Å². The second-order valence-corrected chi connectivity index (χ2v) is 6.27. The van der Waals surface area contributed by atoms with E-state index in [1.807, 2.05) is 4.90 Å². The number of hydrogen-bond acceptors (Lipinski definition) is 3. The van der Waals surface area contributed by atoms with Crippen molar-refractivity contribution in [2.45, 2.75) is 12.7 Å². The van der Waals surface area contributed by atoms with E-state index in [4.69, 9.17) is 0 Å². The largest absolute Gasteiger partial charge is 0.416 e. The van der Waals surface area contributed by atoms with Crippen LogP contribution in [0.25, 0.3) is 0 Å². The SMILES string of the molecule is O=[N+]([O-])c1ccc[nH+]c1N1CC[NH+](Cc2cccc(C(F)(F)F)c2)CC1. The smallest absolute Gasteiger partial charge is 0.325 e. The maximum Gasteiger partial charge on any atom is 0.416 e. The highest BCUT2D eigenvalue weighted by atomic mass is 19.4. The molecule has 0 amide bonds. The van der Waals surface area contributed by atoms with Crippen molar-refractivity contribution in [1.29, 1.82) is 0 Å². The molecule has 0 aliphatic carbocycles. The van der Waals surface area contributed by atoms with Gasteiger partial charge in [0.05, 0.1) is 16.7 Å². The summed E-state index contributed by atoms with van der Waals surface area (Å²) in [4.78, 5) is 16.7. The van der Waals surface area contributed by atoms with Gasteiger partial charge in [-0.1, -0.05) is 12.1 Å². The molecular weight excluding hydrogens is 349 g/mol. The Morgan fingerprint density at radius 1 is 1.19 bits per heavy atom. The van der Waals surface area contributed by atoms with Crippen molar-refractivity contribution < 1.29 is 28.0 Å². The molecule has 1 aromatic heterocycles. The number of aromatic nitrogens is 1. The molecule has 3 rings (SSSR count). The fraction of sp³-hybridized carbons (Fsp3) is 0.353. The average molecular weight is 368 g/mol. The predicted molar refractivity (Wildman–Crippen MR) is 87.7 cm³/mol. The summed E-state index contributed by atoms with van der Waals surface area (Å²) >= 11 is 0. The predicted octanol–water partition coefficient (Wildman–Crippen LogP) is 1.33. The van der Waals surface area contributed by atoms with Crippen LogP contribution >= 0.6 is 0 Å². The molecular formula is C17H19F3N4O2+2. The van der Waals surface area contributed by atoms with Crippen LogP contribution in [0.3, 0.4) is 0 Å². The van der Waals surface area contributed by atoms with Crippen molar-refractivity contribution in [3.8, 4) is 0 Å². The van der Waals surface area contributed by atoms with Gasteiger partial charge in [-0.05, 0) is 18.2 Å². The molecule has 0 spiro atoms. The summed E-state index contributed by atoms with van der Waals surface area (Å²) in [7, 11) is 0. The van der Waals surface area contributed by atoms with Gasteiger partial charge in [-0.3, -0.25) is 10.1 Å². The third-order valence-electron chi connectivity index (χ3n) is 4.50. The van der Waals surface area contributed by atoms with E-state index < -0.39 is 16.7 Å². The number of anilines is 1. The maximum absolute atomic E-state index is 12.8. The van der Waals surface area contributed by atoms with Crippen LogP contribution in [0.2, 0.25) is 0 Å². The molecule has 1 fully saturated rings. The summed E-state index contributed by atoms with van der Waals surface area (Å²) < 4.78 is 38.4. The fourth-order valence-corrected chi connectivity index (χ4v) is 3.19. The van der Waals surface area contributed by atoms with Crippen LogP contribution in [0, 0.1) is 10.1 Å². The van der Waals surface area contributed by atoms with Crippen LogP contribution in [0.5, 0.6) is 0 Å². The molecule has 0 saturated carbocycles. The number of nitrogens with zero attached hydrogens (tertiary/aromatic N) is 2. The zero-order valence-electron chi connectivity index (χ0n) is 13.9. The second-order valence-electron chi connectivity index (χ2n) is 6.27. The van der Waals surface area contributed by atoms with Crippen molar-refractivity contribution >= 4 is 11.5 Å². The van der Waals surface area contributed by atoms with Gasteiger partial charge in [-0.25, -0.2) is 9.88 Å². The van der Waals surface area contributed by atoms with Crippen LogP contribution in [0.1, 0.15) is 11.1 Å². The molecule has 0 radical (unpaired) electrons. The number of halogens is 3. The van der Waals surface area contributed by atoms with Crippen molar-refractivity contribution in [3.63, 3.8) is 0 Å². The van der Waals surface area contributed by atoms with Gasteiger partial charge in [-0.15, -0.1) is 0 Å². The highest BCUT2D eigenvalue weighted by Crippen LogP contribution is 2.29. The lowest BCUT2D eigenvalue weighted by atomic mass is 10.1. The minimum atomic E-state index is -4.34. The Bertz CT molecular complexity index is 790. The number of benzene rings is 1. The van der Waals surface area contributed by atoms with E-state index >= 15 is 0 Å². The lowest BCUT2D eigenvalue weighted by Crippen LogP contribution is -3.13. The summed E-state index contributed by atoms with van der Waals surface area (Å²) in [6.45, 7) is 3.07. The van der Waals surface area contributed by atoms with Crippen molar-refractivity contribution in [2.24, 2.45) is 0 Å². The molecule has 26 heavy (non-hydrogen) atoms. The molecule has 6 nitrogen and oxygen atoms in total. The van der Waals surface area contributed by atoms with Crippen LogP contribution in [0.15, 0.2) is 42.6 Å². The number of quaternary nitrogens is 1. The number of piperazine rings is 1. The molecule has 0 unspecified atom stereocenters. The van der Waals surface area contributed by atoms with E-state index in [-0.39, 0.29) is 5.69 Å². The standard InChI is InChI=1S/C17H17F3N4O2/c18-17(19,20)14-4-1-3-13(11-14)12-22-7-9-23(10-8-22)16-15(24(25)26)5-2-6-21-16/h1-6,11H,7-10,12H2/p+2. The molecule has 1 aromatic carbocycles. The number of rotatable bonds is 4. The lowest BCUT2D eigenvalue weighted by Gasteiger charge is -2.28. The Labute approximate surface area is 148 Å². The average Bonchev–Trinajstić information content (AvgIpc) is 2.62. The minimum absolute atomic E-state index is 0.0221. The van der Waals surface area contributed by atoms with Gasteiger partial charge < -0.3 is 4.90 Å². The first-order valence-electron chi connectivity index (χ1n) is 8.24. The fourth-order valence-electron chi connectivity index (χ4n) is 3.19. The van der Waals surface area contributed by atoms with Crippen LogP contribution in [-0.2, 0) is 12.7 Å². The number of nitrogens with one attached hydrogen (secondary N) is 2. The van der Waals surface area contributed by atoms with Crippen molar-refractivity contribution in [2.75, 3.05) is 31.1 Å². The highest BCUT2D eigenvalue weighted by molar-refractivity contribution is 5.53. The Balaban J connectivity index is 1.64. The van der Waals surface area contributed by atoms with Gasteiger partial charge in [0.1, 0.15) is 32.7 Å². The Morgan fingerprint density at radius 3 is 2.58 bits per heavy atom. The normalized spacial score (nSPS) is 15.9. The number of hydrogen-bond donors (Lipinski definition) is 1. The first kappa shape index (κ1) is 18.1. The van der Waals surface area contributed by atoms with Gasteiger partial charge in [0, 0.05) is 11.6 Å². The van der Waals surface area contributed by atoms with E-state index in [9.17, 15) is 23.3 Å². The van der Waals surface area contributed by atoms with E-state index in [0.29, 0.717) is 44.1 Å². The number of H-pyrrole nitrogens is 1. The number of alkyl halides is 3. The third kappa shape index (κ3) is 4.10. The van der Waals surface area contributed by atoms with Crippen LogP contribution < -0.4 is 14.8 Å². The zero-order chi connectivity index (χ0) is 18.7. The van der Waals surface area contributed by atoms with Crippen molar-refractivity contribution in [1.82, 2.24) is 0 Å². The number of nitro groups is 1. The van der Waals surface area contributed by atoms with E-state index in [1.54, 1.807) is 18.3 Å². The summed E-state index contributed by atoms with van der Waals surface area (Å²) in [5.74, 6) is 0.468. The molecule has 1 saturated heterocycles. The molecule has 2 aromatic rings. The number of aromatic amines is 1. The summed E-state index contributed by atoms with van der Waals surface area (Å²) in [5, 5.41) is 11.1. The molecule has 2 heterocycles. The Morgan fingerprint density at radius 2 is 1.92 bits per heavy atom. The first-order valence-corrected chi connectivity index (χ1v) is 8.24. The van der Waals surface area contributed by atoms with Gasteiger partial charge in [0.25, 0.3) is 0 Å². The summed E-state index contributed by atoms with van der Waals surface area (Å²) in [5.41, 5.74) is 0.0249. The highest BCUT2D eigenvalue weighted by Gasteiger charge is 2.33. The Kier molecular flexibility index (Phi) is 5.08. The Hall–Kier alpha value is -2.68. The topological polar surface area (TPSA) is 65.0 Å². The summed E-state index contributed by atoms with van der Waals surface area (Å²) in [6.07, 6.45) is -2.70. The van der Waals surface area contributed by atoms with E-state index in [2.05, 4.69) is 4.98 Å². The molecule has 1 aliphatic heterocycles. The van der Waals surface area contributed by atoms with Crippen molar-refractivity contribution in [3.05, 3.63) is 63.8 Å². The second kappa shape index (κ2) is 7.28. The van der Waals surface area contributed by atoms with Gasteiger partial charge >= 0.3 is 17.7 Å². The molecule has 9 heteroatoms. The van der Waals surface area contributed by atoms with E-state index in [1.165, 1.54) is 18.2 Å². The molecule has 1 aliphatic rings. The quantitative estimate of drug-likeness (QED) is 0.654. The summed E-state index contributed by atoms with van der Waals surface area (Å²) in [6, 6.07) is 8.42. The van der Waals surface area contributed by atoms with Crippen LogP contribution in [-0.4, -0.2) is 31.1 Å². The molecule has 0 bridgehead atoms. The zero-order valence-corrected chi connectivity index (χ0v) is 13.9. The third-order valence-corrected chi connectivity index (χ3v) is 4.50. The van der Waals surface area contributed by atoms with Gasteiger partial charge in [-0.2, -0.15) is 13.2 Å². The first-order chi connectivity index (χ1) is 12.3. The minimum Gasteiger partial charge on any atom is -0.325 e. The van der Waals surface area contributed by atoms with Crippen LogP contribution in [0.4, 0.5) is 24.7 Å².